The third kappa shape index (κ3) is 2.55. The molecule has 0 saturated carbocycles. The molecule has 0 radical (unpaired) electrons. The smallest absolute Gasteiger partial charge is 0.235 e. The zero-order valence-corrected chi connectivity index (χ0v) is 9.72. The van der Waals surface area contributed by atoms with Gasteiger partial charge < -0.3 is 10.5 Å². The molecule has 1 aromatic carbocycles. The monoisotopic (exact) mass is 235 g/mol. The lowest BCUT2D eigenvalue weighted by atomic mass is 10.3. The SMILES string of the molecule is Cc1cc(N)n(-c2ccc(OC(C)F)cc2)n1. The van der Waals surface area contributed by atoms with Crippen LogP contribution < -0.4 is 10.5 Å². The molecule has 17 heavy (non-hydrogen) atoms. The zero-order valence-electron chi connectivity index (χ0n) is 9.72. The minimum absolute atomic E-state index is 0.478. The molecule has 0 aliphatic carbocycles. The van der Waals surface area contributed by atoms with Crippen LogP contribution in [0.4, 0.5) is 10.2 Å². The maximum Gasteiger partial charge on any atom is 0.235 e. The van der Waals surface area contributed by atoms with Gasteiger partial charge in [-0.1, -0.05) is 0 Å². The first-order chi connectivity index (χ1) is 8.06. The predicted octanol–water partition coefficient (Wildman–Crippen LogP) is 2.46. The molecule has 90 valence electrons. The average Bonchev–Trinajstić information content (AvgIpc) is 2.58. The topological polar surface area (TPSA) is 53.1 Å². The minimum Gasteiger partial charge on any atom is -0.461 e. The lowest BCUT2D eigenvalue weighted by molar-refractivity contribution is 0.0860. The predicted molar refractivity (Wildman–Crippen MR) is 63.9 cm³/mol. The molecule has 2 aromatic rings. The van der Waals surface area contributed by atoms with E-state index < -0.39 is 6.36 Å². The summed E-state index contributed by atoms with van der Waals surface area (Å²) in [6.45, 7) is 3.21. The third-order valence-corrected chi connectivity index (χ3v) is 2.24. The molecule has 0 aliphatic rings. The summed E-state index contributed by atoms with van der Waals surface area (Å²) >= 11 is 0. The number of anilines is 1. The van der Waals surface area contributed by atoms with Crippen LogP contribution in [0.1, 0.15) is 12.6 Å². The summed E-state index contributed by atoms with van der Waals surface area (Å²) in [4.78, 5) is 0. The van der Waals surface area contributed by atoms with Crippen molar-refractivity contribution in [3.05, 3.63) is 36.0 Å². The van der Waals surface area contributed by atoms with Crippen molar-refractivity contribution in [2.75, 3.05) is 5.73 Å². The molecule has 2 rings (SSSR count). The van der Waals surface area contributed by atoms with Gasteiger partial charge in [0.05, 0.1) is 11.4 Å². The number of aromatic nitrogens is 2. The van der Waals surface area contributed by atoms with Crippen LogP contribution in [0.15, 0.2) is 30.3 Å². The van der Waals surface area contributed by atoms with Gasteiger partial charge in [-0.05, 0) is 31.2 Å². The van der Waals surface area contributed by atoms with Gasteiger partial charge >= 0.3 is 0 Å². The number of rotatable bonds is 3. The van der Waals surface area contributed by atoms with Crippen molar-refractivity contribution < 1.29 is 9.13 Å². The molecule has 0 aliphatic heterocycles. The molecular weight excluding hydrogens is 221 g/mol. The summed E-state index contributed by atoms with van der Waals surface area (Å²) in [5.41, 5.74) is 7.46. The molecule has 1 unspecified atom stereocenters. The first kappa shape index (κ1) is 11.4. The summed E-state index contributed by atoms with van der Waals surface area (Å²) in [5, 5.41) is 4.25. The number of hydrogen-bond acceptors (Lipinski definition) is 3. The molecule has 2 N–H and O–H groups in total. The Morgan fingerprint density at radius 2 is 2.00 bits per heavy atom. The van der Waals surface area contributed by atoms with Crippen molar-refractivity contribution >= 4 is 5.82 Å². The molecule has 0 fully saturated rings. The maximum atomic E-state index is 12.6. The number of ether oxygens (including phenoxy) is 1. The summed E-state index contributed by atoms with van der Waals surface area (Å²) in [7, 11) is 0. The number of nitrogen functional groups attached to an aromatic ring is 1. The second kappa shape index (κ2) is 4.45. The van der Waals surface area contributed by atoms with E-state index in [1.807, 2.05) is 6.92 Å². The molecular formula is C12H14FN3O. The van der Waals surface area contributed by atoms with Crippen LogP contribution in [-0.4, -0.2) is 16.1 Å². The molecule has 0 bridgehead atoms. The first-order valence-corrected chi connectivity index (χ1v) is 5.29. The number of halogens is 1. The minimum atomic E-state index is -1.32. The highest BCUT2D eigenvalue weighted by molar-refractivity contribution is 5.44. The number of nitrogens with zero attached hydrogens (tertiary/aromatic N) is 2. The third-order valence-electron chi connectivity index (χ3n) is 2.24. The van der Waals surface area contributed by atoms with Crippen molar-refractivity contribution in [2.24, 2.45) is 0 Å². The first-order valence-electron chi connectivity index (χ1n) is 5.29. The van der Waals surface area contributed by atoms with Crippen LogP contribution in [-0.2, 0) is 0 Å². The fraction of sp³-hybridized carbons (Fsp3) is 0.250. The van der Waals surface area contributed by atoms with Crippen LogP contribution in [0.3, 0.4) is 0 Å². The summed E-state index contributed by atoms with van der Waals surface area (Å²) in [6.07, 6.45) is -1.32. The maximum absolute atomic E-state index is 12.6. The second-order valence-electron chi connectivity index (χ2n) is 3.78. The highest BCUT2D eigenvalue weighted by Crippen LogP contribution is 2.19. The molecule has 1 heterocycles. The van der Waals surface area contributed by atoms with E-state index in [-0.39, 0.29) is 0 Å². The molecule has 0 spiro atoms. The van der Waals surface area contributed by atoms with E-state index in [1.54, 1.807) is 35.0 Å². The second-order valence-corrected chi connectivity index (χ2v) is 3.78. The van der Waals surface area contributed by atoms with E-state index in [4.69, 9.17) is 10.5 Å². The number of aryl methyl sites for hydroxylation is 1. The van der Waals surface area contributed by atoms with Gasteiger partial charge in [0, 0.05) is 13.0 Å². The molecule has 4 nitrogen and oxygen atoms in total. The van der Waals surface area contributed by atoms with Gasteiger partial charge in [0.1, 0.15) is 11.6 Å². The highest BCUT2D eigenvalue weighted by atomic mass is 19.1. The van der Waals surface area contributed by atoms with E-state index in [0.29, 0.717) is 11.6 Å². The highest BCUT2D eigenvalue weighted by Gasteiger charge is 2.05. The molecule has 0 saturated heterocycles. The average molecular weight is 235 g/mol. The van der Waals surface area contributed by atoms with Gasteiger partial charge in [0.2, 0.25) is 6.36 Å². The Kier molecular flexibility index (Phi) is 2.99. The molecule has 1 aromatic heterocycles. The van der Waals surface area contributed by atoms with Crippen LogP contribution in [0, 0.1) is 6.92 Å². The fourth-order valence-electron chi connectivity index (χ4n) is 1.58. The Balaban J connectivity index is 2.26. The molecule has 5 heteroatoms. The number of benzene rings is 1. The standard InChI is InChI=1S/C12H14FN3O/c1-8-7-12(14)16(15-8)10-3-5-11(6-4-10)17-9(2)13/h3-7,9H,14H2,1-2H3. The Morgan fingerprint density at radius 3 is 2.47 bits per heavy atom. The van der Waals surface area contributed by atoms with Gasteiger partial charge in [0.25, 0.3) is 0 Å². The van der Waals surface area contributed by atoms with Gasteiger partial charge in [-0.2, -0.15) is 5.10 Å². The Bertz CT molecular complexity index is 505. The number of hydrogen-bond donors (Lipinski definition) is 1. The lowest BCUT2D eigenvalue weighted by Gasteiger charge is -2.08. The van der Waals surface area contributed by atoms with Crippen molar-refractivity contribution in [2.45, 2.75) is 20.2 Å². The summed E-state index contributed by atoms with van der Waals surface area (Å²) in [5.74, 6) is 1.04. The van der Waals surface area contributed by atoms with Crippen LogP contribution in [0.5, 0.6) is 5.75 Å². The van der Waals surface area contributed by atoms with Crippen molar-refractivity contribution in [1.82, 2.24) is 9.78 Å². The summed E-state index contributed by atoms with van der Waals surface area (Å²) < 4.78 is 19.2. The van der Waals surface area contributed by atoms with E-state index >= 15 is 0 Å². The van der Waals surface area contributed by atoms with E-state index in [0.717, 1.165) is 11.4 Å². The largest absolute Gasteiger partial charge is 0.461 e. The van der Waals surface area contributed by atoms with Crippen molar-refractivity contribution in [3.63, 3.8) is 0 Å². The molecule has 0 amide bonds. The van der Waals surface area contributed by atoms with Crippen LogP contribution in [0.2, 0.25) is 0 Å². The normalized spacial score (nSPS) is 12.4. The van der Waals surface area contributed by atoms with Crippen LogP contribution in [0.25, 0.3) is 5.69 Å². The number of nitrogens with two attached hydrogens (primary N) is 1. The molecule has 1 atom stereocenters. The summed E-state index contributed by atoms with van der Waals surface area (Å²) in [6, 6.07) is 8.71. The fourth-order valence-corrected chi connectivity index (χ4v) is 1.58. The van der Waals surface area contributed by atoms with E-state index in [1.165, 1.54) is 6.92 Å². The Hall–Kier alpha value is -2.04. The van der Waals surface area contributed by atoms with E-state index in [2.05, 4.69) is 5.10 Å². The Labute approximate surface area is 98.8 Å². The Morgan fingerprint density at radius 1 is 1.35 bits per heavy atom. The van der Waals surface area contributed by atoms with Gasteiger partial charge in [-0.3, -0.25) is 0 Å². The van der Waals surface area contributed by atoms with Gasteiger partial charge in [-0.15, -0.1) is 0 Å². The van der Waals surface area contributed by atoms with E-state index in [9.17, 15) is 4.39 Å². The van der Waals surface area contributed by atoms with Gasteiger partial charge in [0.15, 0.2) is 0 Å². The van der Waals surface area contributed by atoms with Crippen molar-refractivity contribution in [1.29, 1.82) is 0 Å². The zero-order chi connectivity index (χ0) is 12.4. The quantitative estimate of drug-likeness (QED) is 0.889. The van der Waals surface area contributed by atoms with Crippen LogP contribution >= 0.6 is 0 Å². The van der Waals surface area contributed by atoms with Crippen molar-refractivity contribution in [3.8, 4) is 11.4 Å². The van der Waals surface area contributed by atoms with Gasteiger partial charge in [-0.25, -0.2) is 9.07 Å². The number of alkyl halides is 1. The lowest BCUT2D eigenvalue weighted by Crippen LogP contribution is -2.04.